The van der Waals surface area contributed by atoms with Crippen molar-refractivity contribution in [2.24, 2.45) is 5.73 Å². The van der Waals surface area contributed by atoms with Crippen LogP contribution in [0.25, 0.3) is 0 Å². The van der Waals surface area contributed by atoms with Crippen LogP contribution in [-0.4, -0.2) is 36.0 Å². The summed E-state index contributed by atoms with van der Waals surface area (Å²) in [4.78, 5) is 14.5. The van der Waals surface area contributed by atoms with Gasteiger partial charge >= 0.3 is 0 Å². The molecule has 2 aromatic rings. The number of halogens is 1. The number of carbonyl (C=O) groups is 1. The van der Waals surface area contributed by atoms with Crippen molar-refractivity contribution in [3.8, 4) is 0 Å². The molecular formula is C20H23FN2O2. The molecule has 5 heteroatoms. The maximum atomic E-state index is 13.1. The van der Waals surface area contributed by atoms with Crippen LogP contribution in [0.15, 0.2) is 54.6 Å². The van der Waals surface area contributed by atoms with E-state index in [0.717, 1.165) is 11.1 Å². The van der Waals surface area contributed by atoms with Gasteiger partial charge in [0.05, 0.1) is 18.7 Å². The molecule has 0 saturated carbocycles. The molecule has 1 aliphatic heterocycles. The summed E-state index contributed by atoms with van der Waals surface area (Å²) >= 11 is 0. The maximum Gasteiger partial charge on any atom is 0.240 e. The number of hydrogen-bond acceptors (Lipinski definition) is 3. The van der Waals surface area contributed by atoms with Crippen LogP contribution in [0.4, 0.5) is 4.39 Å². The third-order valence-corrected chi connectivity index (χ3v) is 4.43. The average Bonchev–Trinajstić information content (AvgIpc) is 2.62. The summed E-state index contributed by atoms with van der Waals surface area (Å²) in [7, 11) is 0. The Hall–Kier alpha value is -2.24. The molecule has 0 bridgehead atoms. The molecule has 2 unspecified atom stereocenters. The highest BCUT2D eigenvalue weighted by Crippen LogP contribution is 2.26. The molecule has 0 aromatic heterocycles. The van der Waals surface area contributed by atoms with Gasteiger partial charge in [-0.25, -0.2) is 4.39 Å². The van der Waals surface area contributed by atoms with E-state index < -0.39 is 6.04 Å². The Morgan fingerprint density at radius 2 is 1.88 bits per heavy atom. The lowest BCUT2D eigenvalue weighted by molar-refractivity contribution is -0.146. The third-order valence-electron chi connectivity index (χ3n) is 4.43. The first-order valence-corrected chi connectivity index (χ1v) is 8.52. The molecule has 0 aliphatic carbocycles. The number of nitrogens with two attached hydrogens (primary N) is 1. The van der Waals surface area contributed by atoms with Crippen LogP contribution in [-0.2, 0) is 16.0 Å². The van der Waals surface area contributed by atoms with Crippen LogP contribution in [0.3, 0.4) is 0 Å². The molecule has 2 aromatic carbocycles. The van der Waals surface area contributed by atoms with Gasteiger partial charge in [-0.05, 0) is 36.6 Å². The zero-order valence-corrected chi connectivity index (χ0v) is 14.3. The number of hydrogen-bond donors (Lipinski definition) is 1. The van der Waals surface area contributed by atoms with Gasteiger partial charge in [0.25, 0.3) is 0 Å². The van der Waals surface area contributed by atoms with Gasteiger partial charge in [0.2, 0.25) is 5.91 Å². The Morgan fingerprint density at radius 1 is 1.20 bits per heavy atom. The molecule has 1 amide bonds. The second kappa shape index (κ2) is 7.76. The lowest BCUT2D eigenvalue weighted by Crippen LogP contribution is -2.52. The number of carbonyl (C=O) groups excluding carboxylic acids is 1. The summed E-state index contributed by atoms with van der Waals surface area (Å²) in [5.74, 6) is -0.364. The fourth-order valence-corrected chi connectivity index (χ4v) is 3.18. The highest BCUT2D eigenvalue weighted by molar-refractivity contribution is 5.82. The quantitative estimate of drug-likeness (QED) is 0.929. The summed E-state index contributed by atoms with van der Waals surface area (Å²) in [5.41, 5.74) is 8.05. The molecule has 25 heavy (non-hydrogen) atoms. The standard InChI is InChI=1S/C20H23FN2O2/c1-14-12-23(13-19(25-14)16-7-9-17(21)10-8-16)20(24)18(22)11-15-5-3-2-4-6-15/h2-10,14,18-19H,11-13,22H2,1H3/t14?,18-,19?/m0/s1. The normalized spacial score (nSPS) is 21.8. The van der Waals surface area contributed by atoms with E-state index in [1.54, 1.807) is 17.0 Å². The monoisotopic (exact) mass is 342 g/mol. The second-order valence-electron chi connectivity index (χ2n) is 6.53. The summed E-state index contributed by atoms with van der Waals surface area (Å²) in [5, 5.41) is 0. The number of nitrogens with zero attached hydrogens (tertiary/aromatic N) is 1. The summed E-state index contributed by atoms with van der Waals surface area (Å²) in [6.45, 7) is 2.87. The van der Waals surface area contributed by atoms with Crippen LogP contribution < -0.4 is 5.73 Å². The van der Waals surface area contributed by atoms with E-state index in [-0.39, 0.29) is 23.9 Å². The zero-order valence-electron chi connectivity index (χ0n) is 14.3. The minimum atomic E-state index is -0.582. The minimum Gasteiger partial charge on any atom is -0.367 e. The van der Waals surface area contributed by atoms with Crippen LogP contribution in [0, 0.1) is 5.82 Å². The van der Waals surface area contributed by atoms with Crippen molar-refractivity contribution in [3.05, 3.63) is 71.5 Å². The number of morpholine rings is 1. The first-order valence-electron chi connectivity index (χ1n) is 8.52. The molecule has 1 fully saturated rings. The molecule has 132 valence electrons. The first-order chi connectivity index (χ1) is 12.0. The lowest BCUT2D eigenvalue weighted by Gasteiger charge is -2.38. The number of rotatable bonds is 4. The van der Waals surface area contributed by atoms with Gasteiger partial charge in [0.1, 0.15) is 11.9 Å². The lowest BCUT2D eigenvalue weighted by atomic mass is 10.0. The largest absolute Gasteiger partial charge is 0.367 e. The van der Waals surface area contributed by atoms with E-state index in [1.807, 2.05) is 37.3 Å². The Bertz CT molecular complexity index is 705. The van der Waals surface area contributed by atoms with Crippen molar-refractivity contribution in [3.63, 3.8) is 0 Å². The number of ether oxygens (including phenoxy) is 1. The summed E-state index contributed by atoms with van der Waals surface area (Å²) in [6.07, 6.45) is 0.140. The zero-order chi connectivity index (χ0) is 17.8. The third kappa shape index (κ3) is 4.44. The number of benzene rings is 2. The smallest absolute Gasteiger partial charge is 0.240 e. The second-order valence-corrected chi connectivity index (χ2v) is 6.53. The van der Waals surface area contributed by atoms with Crippen LogP contribution >= 0.6 is 0 Å². The Morgan fingerprint density at radius 3 is 2.56 bits per heavy atom. The van der Waals surface area contributed by atoms with Gasteiger partial charge < -0.3 is 15.4 Å². The van der Waals surface area contributed by atoms with Crippen molar-refractivity contribution in [2.75, 3.05) is 13.1 Å². The highest BCUT2D eigenvalue weighted by Gasteiger charge is 2.31. The molecule has 4 nitrogen and oxygen atoms in total. The molecule has 0 radical (unpaired) electrons. The maximum absolute atomic E-state index is 13.1. The van der Waals surface area contributed by atoms with E-state index in [9.17, 15) is 9.18 Å². The first kappa shape index (κ1) is 17.6. The molecule has 1 aliphatic rings. The van der Waals surface area contributed by atoms with Gasteiger partial charge in [0, 0.05) is 6.54 Å². The Kier molecular flexibility index (Phi) is 5.46. The molecular weight excluding hydrogens is 319 g/mol. The summed E-state index contributed by atoms with van der Waals surface area (Å²) in [6, 6.07) is 15.4. The van der Waals surface area contributed by atoms with Crippen molar-refractivity contribution >= 4 is 5.91 Å². The van der Waals surface area contributed by atoms with Gasteiger partial charge in [-0.1, -0.05) is 42.5 Å². The predicted molar refractivity (Wildman–Crippen MR) is 94.4 cm³/mol. The summed E-state index contributed by atoms with van der Waals surface area (Å²) < 4.78 is 19.1. The fourth-order valence-electron chi connectivity index (χ4n) is 3.18. The Labute approximate surface area is 147 Å². The topological polar surface area (TPSA) is 55.6 Å². The fraction of sp³-hybridized carbons (Fsp3) is 0.350. The molecule has 3 atom stereocenters. The number of amides is 1. The van der Waals surface area contributed by atoms with Gasteiger partial charge in [0.15, 0.2) is 0 Å². The van der Waals surface area contributed by atoms with Gasteiger partial charge in [-0.3, -0.25) is 4.79 Å². The molecule has 0 spiro atoms. The average molecular weight is 342 g/mol. The van der Waals surface area contributed by atoms with E-state index in [0.29, 0.717) is 19.5 Å². The molecule has 1 saturated heterocycles. The molecule has 2 N–H and O–H groups in total. The van der Waals surface area contributed by atoms with E-state index in [2.05, 4.69) is 0 Å². The van der Waals surface area contributed by atoms with Crippen molar-refractivity contribution in [1.29, 1.82) is 0 Å². The van der Waals surface area contributed by atoms with Gasteiger partial charge in [-0.15, -0.1) is 0 Å². The van der Waals surface area contributed by atoms with E-state index in [4.69, 9.17) is 10.5 Å². The highest BCUT2D eigenvalue weighted by atomic mass is 19.1. The minimum absolute atomic E-state index is 0.0777. The van der Waals surface area contributed by atoms with Crippen LogP contribution in [0.5, 0.6) is 0 Å². The van der Waals surface area contributed by atoms with E-state index >= 15 is 0 Å². The van der Waals surface area contributed by atoms with Crippen molar-refractivity contribution in [1.82, 2.24) is 4.90 Å². The van der Waals surface area contributed by atoms with Crippen LogP contribution in [0.1, 0.15) is 24.2 Å². The SMILES string of the molecule is CC1CN(C(=O)[C@@H](N)Cc2ccccc2)CC(c2ccc(F)cc2)O1. The van der Waals surface area contributed by atoms with Crippen molar-refractivity contribution < 1.29 is 13.9 Å². The van der Waals surface area contributed by atoms with E-state index in [1.165, 1.54) is 12.1 Å². The molecule has 1 heterocycles. The van der Waals surface area contributed by atoms with Gasteiger partial charge in [-0.2, -0.15) is 0 Å². The predicted octanol–water partition coefficient (Wildman–Crippen LogP) is 2.68. The van der Waals surface area contributed by atoms with Crippen LogP contribution in [0.2, 0.25) is 0 Å². The Balaban J connectivity index is 1.68. The van der Waals surface area contributed by atoms with Crippen molar-refractivity contribution in [2.45, 2.75) is 31.6 Å². The molecule has 3 rings (SSSR count).